The lowest BCUT2D eigenvalue weighted by molar-refractivity contribution is 0.0695. The SMILES string of the molecule is CCOc1cccc(C(=O)NC)c1.COc1cc(C)c(C(=O)O)cc1OC. The van der Waals surface area contributed by atoms with Gasteiger partial charge >= 0.3 is 5.97 Å². The van der Waals surface area contributed by atoms with E-state index in [1.165, 1.54) is 20.3 Å². The molecule has 0 fully saturated rings. The molecule has 0 bridgehead atoms. The number of methoxy groups -OCH3 is 2. The molecule has 0 aliphatic carbocycles. The summed E-state index contributed by atoms with van der Waals surface area (Å²) in [7, 11) is 4.59. The highest BCUT2D eigenvalue weighted by Gasteiger charge is 2.12. The van der Waals surface area contributed by atoms with Crippen molar-refractivity contribution in [3.8, 4) is 17.2 Å². The van der Waals surface area contributed by atoms with Crippen molar-refractivity contribution in [1.29, 1.82) is 0 Å². The highest BCUT2D eigenvalue weighted by Crippen LogP contribution is 2.30. The first-order valence-corrected chi connectivity index (χ1v) is 8.28. The summed E-state index contributed by atoms with van der Waals surface area (Å²) in [6, 6.07) is 10.2. The molecular formula is C20H25NO6. The predicted molar refractivity (Wildman–Crippen MR) is 102 cm³/mol. The van der Waals surface area contributed by atoms with E-state index in [0.717, 1.165) is 5.75 Å². The first kappa shape index (κ1) is 21.8. The van der Waals surface area contributed by atoms with Crippen LogP contribution in [0, 0.1) is 6.92 Å². The molecule has 0 radical (unpaired) electrons. The minimum absolute atomic E-state index is 0.0958. The van der Waals surface area contributed by atoms with Crippen LogP contribution >= 0.6 is 0 Å². The number of nitrogens with one attached hydrogen (secondary N) is 1. The molecule has 0 heterocycles. The van der Waals surface area contributed by atoms with Crippen molar-refractivity contribution in [3.63, 3.8) is 0 Å². The molecule has 0 saturated carbocycles. The number of carbonyl (C=O) groups is 2. The van der Waals surface area contributed by atoms with E-state index < -0.39 is 5.97 Å². The minimum atomic E-state index is -0.969. The quantitative estimate of drug-likeness (QED) is 0.805. The lowest BCUT2D eigenvalue weighted by Crippen LogP contribution is -2.17. The molecule has 0 aliphatic rings. The Labute approximate surface area is 158 Å². The van der Waals surface area contributed by atoms with Gasteiger partial charge in [0.15, 0.2) is 11.5 Å². The molecular weight excluding hydrogens is 350 g/mol. The van der Waals surface area contributed by atoms with E-state index in [-0.39, 0.29) is 11.5 Å². The molecule has 0 saturated heterocycles. The van der Waals surface area contributed by atoms with Crippen LogP contribution in [0.5, 0.6) is 17.2 Å². The van der Waals surface area contributed by atoms with Gasteiger partial charge in [0, 0.05) is 12.6 Å². The van der Waals surface area contributed by atoms with E-state index in [1.807, 2.05) is 13.0 Å². The second kappa shape index (κ2) is 10.7. The maximum atomic E-state index is 11.2. The van der Waals surface area contributed by atoms with Gasteiger partial charge < -0.3 is 24.6 Å². The van der Waals surface area contributed by atoms with Gasteiger partial charge in [-0.1, -0.05) is 6.07 Å². The summed E-state index contributed by atoms with van der Waals surface area (Å²) in [5.41, 5.74) is 1.49. The maximum Gasteiger partial charge on any atom is 0.336 e. The van der Waals surface area contributed by atoms with Crippen molar-refractivity contribution in [2.45, 2.75) is 13.8 Å². The summed E-state index contributed by atoms with van der Waals surface area (Å²) in [6.45, 7) is 4.23. The smallest absolute Gasteiger partial charge is 0.336 e. The average Bonchev–Trinajstić information content (AvgIpc) is 2.67. The standard InChI is InChI=1S/C10H13NO2.C10H12O4/c1-3-13-9-6-4-5-8(7-9)10(12)11-2;1-6-4-8(13-2)9(14-3)5-7(6)10(11)12/h4-7H,3H2,1-2H3,(H,11,12);4-5H,1-3H3,(H,11,12). The van der Waals surface area contributed by atoms with Crippen LogP contribution < -0.4 is 19.5 Å². The number of ether oxygens (including phenoxy) is 3. The molecule has 2 N–H and O–H groups in total. The number of amides is 1. The third-order valence-electron chi connectivity index (χ3n) is 3.60. The van der Waals surface area contributed by atoms with Crippen molar-refractivity contribution in [1.82, 2.24) is 5.32 Å². The number of carboxylic acids is 1. The van der Waals surface area contributed by atoms with Crippen LogP contribution in [-0.2, 0) is 0 Å². The topological polar surface area (TPSA) is 94.1 Å². The van der Waals surface area contributed by atoms with E-state index in [1.54, 1.807) is 38.2 Å². The van der Waals surface area contributed by atoms with E-state index in [9.17, 15) is 9.59 Å². The average molecular weight is 375 g/mol. The normalized spacial score (nSPS) is 9.52. The number of aryl methyl sites for hydroxylation is 1. The molecule has 0 spiro atoms. The van der Waals surface area contributed by atoms with Crippen LogP contribution in [0.1, 0.15) is 33.2 Å². The zero-order valence-electron chi connectivity index (χ0n) is 16.2. The number of rotatable bonds is 6. The molecule has 2 aromatic rings. The number of hydrogen-bond donors (Lipinski definition) is 2. The van der Waals surface area contributed by atoms with Gasteiger partial charge in [0.05, 0.1) is 26.4 Å². The van der Waals surface area contributed by atoms with E-state index >= 15 is 0 Å². The number of carbonyl (C=O) groups excluding carboxylic acids is 1. The molecule has 2 aromatic carbocycles. The third kappa shape index (κ3) is 6.22. The van der Waals surface area contributed by atoms with E-state index in [0.29, 0.717) is 29.2 Å². The van der Waals surface area contributed by atoms with Gasteiger partial charge in [0.1, 0.15) is 5.75 Å². The van der Waals surface area contributed by atoms with Crippen LogP contribution in [0.3, 0.4) is 0 Å². The Morgan fingerprint density at radius 3 is 2.22 bits per heavy atom. The third-order valence-corrected chi connectivity index (χ3v) is 3.60. The molecule has 7 heteroatoms. The number of aromatic carboxylic acids is 1. The van der Waals surface area contributed by atoms with Crippen LogP contribution in [0.4, 0.5) is 0 Å². The Kier molecular flexibility index (Phi) is 8.65. The highest BCUT2D eigenvalue weighted by atomic mass is 16.5. The van der Waals surface area contributed by atoms with Gasteiger partial charge in [-0.2, -0.15) is 0 Å². The molecule has 0 aromatic heterocycles. The first-order valence-electron chi connectivity index (χ1n) is 8.28. The van der Waals surface area contributed by atoms with Crippen molar-refractivity contribution >= 4 is 11.9 Å². The second-order valence-corrected chi connectivity index (χ2v) is 5.37. The van der Waals surface area contributed by atoms with E-state index in [2.05, 4.69) is 5.32 Å². The monoisotopic (exact) mass is 375 g/mol. The fourth-order valence-corrected chi connectivity index (χ4v) is 2.25. The van der Waals surface area contributed by atoms with Gasteiger partial charge in [-0.05, 0) is 49.7 Å². The van der Waals surface area contributed by atoms with Crippen molar-refractivity contribution in [2.24, 2.45) is 0 Å². The summed E-state index contributed by atoms with van der Waals surface area (Å²) < 4.78 is 15.3. The van der Waals surface area contributed by atoms with E-state index in [4.69, 9.17) is 19.3 Å². The Morgan fingerprint density at radius 1 is 1.07 bits per heavy atom. The number of carboxylic acid groups (broad SMARTS) is 1. The summed E-state index contributed by atoms with van der Waals surface area (Å²) >= 11 is 0. The molecule has 2 rings (SSSR count). The van der Waals surface area contributed by atoms with Crippen molar-refractivity contribution in [2.75, 3.05) is 27.9 Å². The fraction of sp³-hybridized carbons (Fsp3) is 0.300. The zero-order valence-corrected chi connectivity index (χ0v) is 16.2. The molecule has 0 aliphatic heterocycles. The van der Waals surface area contributed by atoms with Gasteiger partial charge in [-0.25, -0.2) is 4.79 Å². The Morgan fingerprint density at radius 2 is 1.70 bits per heavy atom. The number of hydrogen-bond acceptors (Lipinski definition) is 5. The largest absolute Gasteiger partial charge is 0.494 e. The highest BCUT2D eigenvalue weighted by molar-refractivity contribution is 5.94. The lowest BCUT2D eigenvalue weighted by Gasteiger charge is -2.10. The molecule has 146 valence electrons. The lowest BCUT2D eigenvalue weighted by atomic mass is 10.1. The minimum Gasteiger partial charge on any atom is -0.494 e. The molecule has 27 heavy (non-hydrogen) atoms. The van der Waals surface area contributed by atoms with Gasteiger partial charge in [0.2, 0.25) is 0 Å². The zero-order chi connectivity index (χ0) is 20.4. The maximum absolute atomic E-state index is 11.2. The van der Waals surface area contributed by atoms with Crippen molar-refractivity contribution < 1.29 is 28.9 Å². The predicted octanol–water partition coefficient (Wildman–Crippen LogP) is 3.16. The summed E-state index contributed by atoms with van der Waals surface area (Å²) in [6.07, 6.45) is 0. The Bertz CT molecular complexity index is 788. The van der Waals surface area contributed by atoms with Gasteiger partial charge in [-0.15, -0.1) is 0 Å². The molecule has 0 atom stereocenters. The first-order chi connectivity index (χ1) is 12.9. The van der Waals surface area contributed by atoms with Crippen molar-refractivity contribution in [3.05, 3.63) is 53.1 Å². The second-order valence-electron chi connectivity index (χ2n) is 5.37. The Hall–Kier alpha value is -3.22. The summed E-state index contributed by atoms with van der Waals surface area (Å²) in [5, 5.41) is 11.4. The molecule has 1 amide bonds. The molecule has 0 unspecified atom stereocenters. The number of benzene rings is 2. The van der Waals surface area contributed by atoms with Crippen LogP contribution in [0.15, 0.2) is 36.4 Å². The summed E-state index contributed by atoms with van der Waals surface area (Å²) in [5.74, 6) is 0.624. The van der Waals surface area contributed by atoms with Gasteiger partial charge in [-0.3, -0.25) is 4.79 Å². The fourth-order valence-electron chi connectivity index (χ4n) is 2.25. The van der Waals surface area contributed by atoms with Crippen LogP contribution in [-0.4, -0.2) is 44.9 Å². The van der Waals surface area contributed by atoms with Crippen LogP contribution in [0.25, 0.3) is 0 Å². The summed E-state index contributed by atoms with van der Waals surface area (Å²) in [4.78, 5) is 22.0. The molecule has 7 nitrogen and oxygen atoms in total. The Balaban J connectivity index is 0.000000271. The van der Waals surface area contributed by atoms with Gasteiger partial charge in [0.25, 0.3) is 5.91 Å². The van der Waals surface area contributed by atoms with Crippen LogP contribution in [0.2, 0.25) is 0 Å².